The Kier molecular flexibility index (Phi) is 8.58. The van der Waals surface area contributed by atoms with Gasteiger partial charge in [-0.15, -0.1) is 0 Å². The number of benzene rings is 7. The Balaban J connectivity index is 1.22. The lowest BCUT2D eigenvalue weighted by Gasteiger charge is -2.19. The summed E-state index contributed by atoms with van der Waals surface area (Å²) in [4.78, 5) is 15.5. The number of aryl methyl sites for hydroxylation is 1. The van der Waals surface area contributed by atoms with E-state index in [4.69, 9.17) is 20.7 Å². The first-order valence-corrected chi connectivity index (χ1v) is 18.3. The average Bonchev–Trinajstić information content (AvgIpc) is 3.62. The highest BCUT2D eigenvalue weighted by Crippen LogP contribution is 2.41. The molecule has 0 radical (unpaired) electrons. The molecule has 0 aliphatic heterocycles. The molecule has 0 aliphatic rings. The van der Waals surface area contributed by atoms with Gasteiger partial charge in [0.15, 0.2) is 5.82 Å². The van der Waals surface area contributed by atoms with Crippen LogP contribution >= 0.6 is 0 Å². The van der Waals surface area contributed by atoms with Crippen molar-refractivity contribution in [2.24, 2.45) is 0 Å². The summed E-state index contributed by atoms with van der Waals surface area (Å²) in [6.07, 6.45) is 0.815. The van der Waals surface area contributed by atoms with Crippen molar-refractivity contribution in [1.29, 1.82) is 0 Å². The number of rotatable bonds is 8. The fraction of sp³-hybridized carbons (Fsp3) is 0.0408. The van der Waals surface area contributed by atoms with Gasteiger partial charge in [0.25, 0.3) is 0 Å². The molecule has 9 rings (SSSR count). The molecule has 0 bridgehead atoms. The maximum Gasteiger partial charge on any atom is 0.160 e. The molecule has 9 aromatic rings. The molecule has 2 aromatic heterocycles. The van der Waals surface area contributed by atoms with Gasteiger partial charge in [-0.1, -0.05) is 146 Å². The zero-order chi connectivity index (χ0) is 36.4. The van der Waals surface area contributed by atoms with Crippen molar-refractivity contribution in [3.63, 3.8) is 0 Å². The lowest BCUT2D eigenvalue weighted by Crippen LogP contribution is -2.03. The van der Waals surface area contributed by atoms with Gasteiger partial charge in [0, 0.05) is 34.4 Å². The molecule has 0 fully saturated rings. The third kappa shape index (κ3) is 6.12. The largest absolute Gasteiger partial charge is 0.399 e. The predicted molar refractivity (Wildman–Crippen MR) is 223 cm³/mol. The van der Waals surface area contributed by atoms with E-state index in [1.165, 1.54) is 0 Å². The summed E-state index contributed by atoms with van der Waals surface area (Å²) in [6, 6.07) is 63.0. The normalized spacial score (nSPS) is 11.2. The third-order valence-electron chi connectivity index (χ3n) is 9.94. The molecule has 0 atom stereocenters. The van der Waals surface area contributed by atoms with E-state index in [2.05, 4.69) is 157 Å². The molecule has 0 spiro atoms. The molecule has 7 aromatic carbocycles. The van der Waals surface area contributed by atoms with Gasteiger partial charge in [0.05, 0.1) is 28.1 Å². The summed E-state index contributed by atoms with van der Waals surface area (Å²) in [5, 5.41) is 0. The number of hydrogen-bond acceptors (Lipinski definition) is 4. The van der Waals surface area contributed by atoms with Crippen LogP contribution in [0.15, 0.2) is 182 Å². The minimum atomic E-state index is 0.657. The van der Waals surface area contributed by atoms with Gasteiger partial charge < -0.3 is 5.73 Å². The number of nitrogens with zero attached hydrogens (tertiary/aromatic N) is 4. The summed E-state index contributed by atoms with van der Waals surface area (Å²) in [7, 11) is 0. The van der Waals surface area contributed by atoms with Crippen LogP contribution in [0.25, 0.3) is 84.0 Å². The Morgan fingerprint density at radius 3 is 1.76 bits per heavy atom. The summed E-state index contributed by atoms with van der Waals surface area (Å²) >= 11 is 0. The lowest BCUT2D eigenvalue weighted by atomic mass is 9.90. The quantitative estimate of drug-likeness (QED) is 0.161. The first kappa shape index (κ1) is 32.8. The zero-order valence-electron chi connectivity index (χ0n) is 29.9. The van der Waals surface area contributed by atoms with Gasteiger partial charge in [-0.05, 0) is 70.3 Å². The number of fused-ring (bicyclic) bond motifs is 1. The molecule has 2 heterocycles. The molecule has 0 unspecified atom stereocenters. The standard InChI is InChI=1S/C49H37N5/c1-2-48-51-43-27-11-13-29-47(43)54(48)46-28-12-10-26-42(46)40-24-7-6-22-38(40)39-23-8-9-25-41(39)45-32-44(33-16-4-3-5-17-33)52-49(53-45)36-20-14-18-34(30-36)35-19-15-21-37(50)31-35/h3-32H,2,50H2,1H3. The van der Waals surface area contributed by atoms with Crippen LogP contribution in [0.2, 0.25) is 0 Å². The number of imidazole rings is 1. The molecule has 258 valence electrons. The number of nitrogen functional groups attached to an aromatic ring is 1. The maximum absolute atomic E-state index is 6.16. The minimum absolute atomic E-state index is 0.657. The molecule has 5 nitrogen and oxygen atoms in total. The Hall–Kier alpha value is -7.11. The van der Waals surface area contributed by atoms with Crippen LogP contribution in [0.3, 0.4) is 0 Å². The first-order valence-electron chi connectivity index (χ1n) is 18.3. The van der Waals surface area contributed by atoms with Gasteiger partial charge >= 0.3 is 0 Å². The van der Waals surface area contributed by atoms with Crippen LogP contribution in [0.1, 0.15) is 12.7 Å². The SMILES string of the molecule is CCc1nc2ccccc2n1-c1ccccc1-c1ccccc1-c1ccccc1-c1cc(-c2ccccc2)nc(-c2cccc(-c3cccc(N)c3)c2)n1. The smallest absolute Gasteiger partial charge is 0.160 e. The van der Waals surface area contributed by atoms with Crippen LogP contribution in [0.4, 0.5) is 5.69 Å². The van der Waals surface area contributed by atoms with Crippen molar-refractivity contribution in [2.45, 2.75) is 13.3 Å². The van der Waals surface area contributed by atoms with Crippen molar-refractivity contribution < 1.29 is 0 Å². The average molecular weight is 696 g/mol. The number of nitrogens with two attached hydrogens (primary N) is 1. The Bertz CT molecular complexity index is 2780. The van der Waals surface area contributed by atoms with E-state index in [1.54, 1.807) is 0 Å². The highest BCUT2D eigenvalue weighted by atomic mass is 15.1. The summed E-state index contributed by atoms with van der Waals surface area (Å²) < 4.78 is 2.31. The molecule has 0 amide bonds. The molecule has 0 saturated heterocycles. The first-order chi connectivity index (χ1) is 26.6. The van der Waals surface area contributed by atoms with Crippen LogP contribution in [0.5, 0.6) is 0 Å². The fourth-order valence-electron chi connectivity index (χ4n) is 7.40. The van der Waals surface area contributed by atoms with Crippen molar-refractivity contribution in [3.8, 4) is 73.0 Å². The highest BCUT2D eigenvalue weighted by molar-refractivity contribution is 5.94. The summed E-state index contributed by atoms with van der Waals surface area (Å²) in [6.45, 7) is 2.16. The van der Waals surface area contributed by atoms with Crippen molar-refractivity contribution in [2.75, 3.05) is 5.73 Å². The molecule has 0 aliphatic carbocycles. The third-order valence-corrected chi connectivity index (χ3v) is 9.94. The van der Waals surface area contributed by atoms with Gasteiger partial charge in [-0.2, -0.15) is 0 Å². The van der Waals surface area contributed by atoms with Crippen molar-refractivity contribution >= 4 is 16.7 Å². The summed E-state index contributed by atoms with van der Waals surface area (Å²) in [5.74, 6) is 1.69. The minimum Gasteiger partial charge on any atom is -0.399 e. The second-order valence-corrected chi connectivity index (χ2v) is 13.3. The van der Waals surface area contributed by atoms with Gasteiger partial charge in [-0.3, -0.25) is 4.57 Å². The van der Waals surface area contributed by atoms with Crippen LogP contribution in [-0.2, 0) is 6.42 Å². The van der Waals surface area contributed by atoms with Gasteiger partial charge in [0.2, 0.25) is 0 Å². The van der Waals surface area contributed by atoms with E-state index < -0.39 is 0 Å². The van der Waals surface area contributed by atoms with E-state index >= 15 is 0 Å². The number of para-hydroxylation sites is 3. The number of hydrogen-bond donors (Lipinski definition) is 1. The number of anilines is 1. The van der Waals surface area contributed by atoms with Crippen molar-refractivity contribution in [1.82, 2.24) is 19.5 Å². The highest BCUT2D eigenvalue weighted by Gasteiger charge is 2.20. The monoisotopic (exact) mass is 695 g/mol. The molecular weight excluding hydrogens is 659 g/mol. The van der Waals surface area contributed by atoms with E-state index in [9.17, 15) is 0 Å². The van der Waals surface area contributed by atoms with Crippen LogP contribution < -0.4 is 5.73 Å². The predicted octanol–water partition coefficient (Wildman–Crippen LogP) is 12.0. The molecule has 5 heteroatoms. The van der Waals surface area contributed by atoms with E-state index in [-0.39, 0.29) is 0 Å². The van der Waals surface area contributed by atoms with E-state index in [1.807, 2.05) is 36.4 Å². The second-order valence-electron chi connectivity index (χ2n) is 13.3. The molecular formula is C49H37N5. The lowest BCUT2D eigenvalue weighted by molar-refractivity contribution is 0.909. The molecule has 0 saturated carbocycles. The Morgan fingerprint density at radius 2 is 1.00 bits per heavy atom. The van der Waals surface area contributed by atoms with E-state index in [0.717, 1.165) is 96.1 Å². The molecule has 54 heavy (non-hydrogen) atoms. The Labute approximate surface area is 315 Å². The fourth-order valence-corrected chi connectivity index (χ4v) is 7.40. The molecule has 2 N–H and O–H groups in total. The second kappa shape index (κ2) is 14.1. The van der Waals surface area contributed by atoms with Gasteiger partial charge in [0.1, 0.15) is 5.82 Å². The van der Waals surface area contributed by atoms with Crippen LogP contribution in [-0.4, -0.2) is 19.5 Å². The van der Waals surface area contributed by atoms with Crippen molar-refractivity contribution in [3.05, 3.63) is 188 Å². The number of aromatic nitrogens is 4. The zero-order valence-corrected chi connectivity index (χ0v) is 29.9. The maximum atomic E-state index is 6.16. The Morgan fingerprint density at radius 1 is 0.444 bits per heavy atom. The van der Waals surface area contributed by atoms with E-state index in [0.29, 0.717) is 5.82 Å². The van der Waals surface area contributed by atoms with Crippen LogP contribution in [0, 0.1) is 0 Å². The summed E-state index contributed by atoms with van der Waals surface area (Å²) in [5.41, 5.74) is 21.4. The van der Waals surface area contributed by atoms with Gasteiger partial charge in [-0.25, -0.2) is 15.0 Å². The topological polar surface area (TPSA) is 69.6 Å².